The normalized spacial score (nSPS) is 12.0. The lowest BCUT2D eigenvalue weighted by Crippen LogP contribution is -2.14. The number of hydrogen-bond donors (Lipinski definition) is 0. The molecule has 0 unspecified atom stereocenters. The second-order valence-electron chi connectivity index (χ2n) is 5.47. The van der Waals surface area contributed by atoms with Crippen molar-refractivity contribution in [2.75, 3.05) is 0 Å². The van der Waals surface area contributed by atoms with E-state index in [9.17, 15) is 10.1 Å². The molecule has 0 saturated heterocycles. The van der Waals surface area contributed by atoms with Crippen molar-refractivity contribution in [3.63, 3.8) is 0 Å². The molecule has 2 aromatic carbocycles. The standard InChI is InChI=1S/C18H14Cl2N4O2S/c1-2-23-17(15-7-6-13(19)9-16(15)20)11-27-18(23)22-21-10-12-4-3-5-14(8-12)24(25)26/h3-11H,2H2,1H3/b21-10-,22-18-. The Labute approximate surface area is 169 Å². The third kappa shape index (κ3) is 4.44. The summed E-state index contributed by atoms with van der Waals surface area (Å²) in [6, 6.07) is 11.6. The zero-order valence-corrected chi connectivity index (χ0v) is 16.5. The van der Waals surface area contributed by atoms with Crippen molar-refractivity contribution in [3.8, 4) is 11.3 Å². The van der Waals surface area contributed by atoms with Gasteiger partial charge in [0.15, 0.2) is 0 Å². The van der Waals surface area contributed by atoms with E-state index in [-0.39, 0.29) is 5.69 Å². The Morgan fingerprint density at radius 3 is 2.78 bits per heavy atom. The lowest BCUT2D eigenvalue weighted by molar-refractivity contribution is -0.384. The molecule has 1 heterocycles. The van der Waals surface area contributed by atoms with Gasteiger partial charge in [-0.05, 0) is 25.1 Å². The van der Waals surface area contributed by atoms with Crippen LogP contribution in [0.1, 0.15) is 12.5 Å². The summed E-state index contributed by atoms with van der Waals surface area (Å²) in [4.78, 5) is 11.1. The highest BCUT2D eigenvalue weighted by atomic mass is 35.5. The molecule has 0 saturated carbocycles. The second kappa shape index (κ2) is 8.47. The summed E-state index contributed by atoms with van der Waals surface area (Å²) in [5.74, 6) is 0. The van der Waals surface area contributed by atoms with Crippen LogP contribution in [0.4, 0.5) is 5.69 Å². The predicted molar refractivity (Wildman–Crippen MR) is 110 cm³/mol. The fourth-order valence-corrected chi connectivity index (χ4v) is 3.92. The van der Waals surface area contributed by atoms with E-state index in [1.165, 1.54) is 29.7 Å². The number of nitrogens with zero attached hydrogens (tertiary/aromatic N) is 4. The number of rotatable bonds is 5. The van der Waals surface area contributed by atoms with E-state index in [2.05, 4.69) is 10.2 Å². The molecule has 3 aromatic rings. The van der Waals surface area contributed by atoms with E-state index in [0.717, 1.165) is 11.3 Å². The first-order valence-corrected chi connectivity index (χ1v) is 9.58. The number of hydrogen-bond acceptors (Lipinski definition) is 5. The average Bonchev–Trinajstić information content (AvgIpc) is 3.04. The monoisotopic (exact) mass is 420 g/mol. The maximum Gasteiger partial charge on any atom is 0.270 e. The van der Waals surface area contributed by atoms with Gasteiger partial charge in [-0.15, -0.1) is 16.4 Å². The number of non-ortho nitro benzene ring substituents is 1. The molecular formula is C18H14Cl2N4O2S. The van der Waals surface area contributed by atoms with Crippen LogP contribution in [0.3, 0.4) is 0 Å². The predicted octanol–water partition coefficient (Wildman–Crippen LogP) is 5.39. The summed E-state index contributed by atoms with van der Waals surface area (Å²) in [6.45, 7) is 2.69. The minimum atomic E-state index is -0.444. The van der Waals surface area contributed by atoms with Crippen LogP contribution in [0.2, 0.25) is 10.0 Å². The number of nitro groups is 1. The van der Waals surface area contributed by atoms with Crippen molar-refractivity contribution in [1.82, 2.24) is 4.57 Å². The third-order valence-electron chi connectivity index (χ3n) is 3.75. The van der Waals surface area contributed by atoms with Crippen molar-refractivity contribution in [1.29, 1.82) is 0 Å². The molecule has 0 aliphatic carbocycles. The number of halogens is 2. The summed E-state index contributed by atoms with van der Waals surface area (Å²) in [5.41, 5.74) is 2.41. The van der Waals surface area contributed by atoms with Crippen molar-refractivity contribution in [2.45, 2.75) is 13.5 Å². The zero-order valence-electron chi connectivity index (χ0n) is 14.2. The number of benzene rings is 2. The molecule has 0 amide bonds. The highest BCUT2D eigenvalue weighted by Gasteiger charge is 2.10. The van der Waals surface area contributed by atoms with E-state index < -0.39 is 4.92 Å². The maximum absolute atomic E-state index is 10.8. The first kappa shape index (κ1) is 19.3. The molecule has 0 spiro atoms. The number of aromatic nitrogens is 1. The Morgan fingerprint density at radius 2 is 2.07 bits per heavy atom. The van der Waals surface area contributed by atoms with Crippen molar-refractivity contribution in [3.05, 3.63) is 78.4 Å². The van der Waals surface area contributed by atoms with Gasteiger partial charge in [0.25, 0.3) is 5.69 Å². The molecule has 9 heteroatoms. The van der Waals surface area contributed by atoms with Crippen LogP contribution < -0.4 is 4.80 Å². The molecule has 0 radical (unpaired) electrons. The van der Waals surface area contributed by atoms with E-state index in [0.29, 0.717) is 27.0 Å². The summed E-state index contributed by atoms with van der Waals surface area (Å²) < 4.78 is 1.99. The van der Waals surface area contributed by atoms with Crippen LogP contribution in [0.5, 0.6) is 0 Å². The zero-order chi connectivity index (χ0) is 19.4. The van der Waals surface area contributed by atoms with Gasteiger partial charge in [-0.2, -0.15) is 5.10 Å². The first-order chi connectivity index (χ1) is 13.0. The molecule has 0 atom stereocenters. The van der Waals surface area contributed by atoms with Gasteiger partial charge in [0, 0.05) is 40.2 Å². The highest BCUT2D eigenvalue weighted by molar-refractivity contribution is 7.07. The van der Waals surface area contributed by atoms with Gasteiger partial charge in [-0.1, -0.05) is 35.3 Å². The molecule has 0 fully saturated rings. The van der Waals surface area contributed by atoms with Crippen molar-refractivity contribution in [2.24, 2.45) is 10.2 Å². The largest absolute Gasteiger partial charge is 0.315 e. The highest BCUT2D eigenvalue weighted by Crippen LogP contribution is 2.30. The second-order valence-corrected chi connectivity index (χ2v) is 7.15. The molecule has 138 valence electrons. The lowest BCUT2D eigenvalue weighted by Gasteiger charge is -2.07. The lowest BCUT2D eigenvalue weighted by atomic mass is 10.2. The van der Waals surface area contributed by atoms with Crippen LogP contribution >= 0.6 is 34.5 Å². The van der Waals surface area contributed by atoms with Gasteiger partial charge in [0.05, 0.1) is 21.9 Å². The smallest absolute Gasteiger partial charge is 0.270 e. The Morgan fingerprint density at radius 1 is 1.26 bits per heavy atom. The van der Waals surface area contributed by atoms with E-state index in [1.54, 1.807) is 24.3 Å². The molecule has 0 aliphatic heterocycles. The molecule has 6 nitrogen and oxygen atoms in total. The van der Waals surface area contributed by atoms with Crippen LogP contribution in [-0.4, -0.2) is 15.7 Å². The van der Waals surface area contributed by atoms with Gasteiger partial charge in [-0.25, -0.2) is 0 Å². The van der Waals surface area contributed by atoms with Crippen LogP contribution in [0.15, 0.2) is 58.0 Å². The molecule has 1 aromatic heterocycles. The van der Waals surface area contributed by atoms with Gasteiger partial charge < -0.3 is 4.57 Å². The Bertz CT molecular complexity index is 1090. The number of nitro benzene ring substituents is 1. The van der Waals surface area contributed by atoms with E-state index in [1.807, 2.05) is 22.9 Å². The van der Waals surface area contributed by atoms with Crippen LogP contribution in [0.25, 0.3) is 11.3 Å². The fraction of sp³-hybridized carbons (Fsp3) is 0.111. The molecule has 3 rings (SSSR count). The maximum atomic E-state index is 10.8. The minimum absolute atomic E-state index is 0.0124. The summed E-state index contributed by atoms with van der Waals surface area (Å²) in [6.07, 6.45) is 1.49. The van der Waals surface area contributed by atoms with Gasteiger partial charge >= 0.3 is 0 Å². The van der Waals surface area contributed by atoms with Crippen molar-refractivity contribution < 1.29 is 4.92 Å². The fourth-order valence-electron chi connectivity index (χ4n) is 2.49. The summed E-state index contributed by atoms with van der Waals surface area (Å²) >= 11 is 13.7. The molecule has 0 N–H and O–H groups in total. The van der Waals surface area contributed by atoms with Gasteiger partial charge in [0.1, 0.15) is 0 Å². The molecular weight excluding hydrogens is 407 g/mol. The molecule has 27 heavy (non-hydrogen) atoms. The quantitative estimate of drug-likeness (QED) is 0.315. The molecule has 0 aliphatic rings. The topological polar surface area (TPSA) is 72.8 Å². The average molecular weight is 421 g/mol. The third-order valence-corrected chi connectivity index (χ3v) is 5.15. The van der Waals surface area contributed by atoms with Crippen LogP contribution in [-0.2, 0) is 6.54 Å². The summed E-state index contributed by atoms with van der Waals surface area (Å²) in [7, 11) is 0. The number of thiazole rings is 1. The van der Waals surface area contributed by atoms with Crippen LogP contribution in [0, 0.1) is 10.1 Å². The van der Waals surface area contributed by atoms with Gasteiger partial charge in [-0.3, -0.25) is 10.1 Å². The molecule has 0 bridgehead atoms. The Balaban J connectivity index is 1.94. The SMILES string of the molecule is CCn1c(-c2ccc(Cl)cc2Cl)cs/c1=N\N=C/c1cccc([N+](=O)[O-])c1. The Kier molecular flexibility index (Phi) is 6.05. The van der Waals surface area contributed by atoms with E-state index >= 15 is 0 Å². The van der Waals surface area contributed by atoms with Gasteiger partial charge in [0.2, 0.25) is 4.80 Å². The summed E-state index contributed by atoms with van der Waals surface area (Å²) in [5, 5.41) is 22.3. The van der Waals surface area contributed by atoms with Crippen molar-refractivity contribution >= 4 is 46.4 Å². The van der Waals surface area contributed by atoms with E-state index in [4.69, 9.17) is 23.2 Å². The Hall–Kier alpha value is -2.48. The first-order valence-electron chi connectivity index (χ1n) is 7.95. The minimum Gasteiger partial charge on any atom is -0.315 e.